The van der Waals surface area contributed by atoms with Gasteiger partial charge in [0.2, 0.25) is 5.91 Å². The van der Waals surface area contributed by atoms with Crippen molar-refractivity contribution >= 4 is 11.6 Å². The van der Waals surface area contributed by atoms with Crippen LogP contribution >= 0.6 is 0 Å². The molecule has 0 fully saturated rings. The van der Waals surface area contributed by atoms with E-state index in [1.807, 2.05) is 23.1 Å². The standard InChI is InChI=1S/C17H17NO/c1-13(19)18-12-15(11-14-7-3-2-4-8-14)16-9-5-6-10-17(16)18/h2-10,15H,11-12H2,1H3. The van der Waals surface area contributed by atoms with Crippen LogP contribution in [-0.2, 0) is 11.2 Å². The van der Waals surface area contributed by atoms with Gasteiger partial charge >= 0.3 is 0 Å². The van der Waals surface area contributed by atoms with Crippen molar-refractivity contribution in [3.8, 4) is 0 Å². The van der Waals surface area contributed by atoms with Crippen LogP contribution in [0.25, 0.3) is 0 Å². The molecule has 0 radical (unpaired) electrons. The summed E-state index contributed by atoms with van der Waals surface area (Å²) in [5.41, 5.74) is 3.70. The van der Waals surface area contributed by atoms with Crippen molar-refractivity contribution in [1.82, 2.24) is 0 Å². The van der Waals surface area contributed by atoms with Gasteiger partial charge < -0.3 is 4.90 Å². The van der Waals surface area contributed by atoms with Crippen molar-refractivity contribution in [1.29, 1.82) is 0 Å². The number of hydrogen-bond acceptors (Lipinski definition) is 1. The Labute approximate surface area is 113 Å². The Bertz CT molecular complexity index is 591. The topological polar surface area (TPSA) is 20.3 Å². The van der Waals surface area contributed by atoms with E-state index in [9.17, 15) is 4.79 Å². The highest BCUT2D eigenvalue weighted by molar-refractivity contribution is 5.94. The first-order chi connectivity index (χ1) is 9.25. The fraction of sp³-hybridized carbons (Fsp3) is 0.235. The van der Waals surface area contributed by atoms with E-state index >= 15 is 0 Å². The maximum absolute atomic E-state index is 11.7. The summed E-state index contributed by atoms with van der Waals surface area (Å²) in [5, 5.41) is 0. The first kappa shape index (κ1) is 12.0. The van der Waals surface area contributed by atoms with Crippen molar-refractivity contribution < 1.29 is 4.79 Å². The molecule has 3 rings (SSSR count). The van der Waals surface area contributed by atoms with E-state index < -0.39 is 0 Å². The van der Waals surface area contributed by atoms with Crippen LogP contribution in [0.2, 0.25) is 0 Å². The summed E-state index contributed by atoms with van der Waals surface area (Å²) >= 11 is 0. The molecule has 0 saturated heterocycles. The van der Waals surface area contributed by atoms with Gasteiger partial charge in [-0.15, -0.1) is 0 Å². The second-order valence-electron chi connectivity index (χ2n) is 5.08. The highest BCUT2D eigenvalue weighted by Gasteiger charge is 2.30. The number of hydrogen-bond donors (Lipinski definition) is 0. The van der Waals surface area contributed by atoms with Crippen LogP contribution in [0.4, 0.5) is 5.69 Å². The number of benzene rings is 2. The van der Waals surface area contributed by atoms with Gasteiger partial charge in [-0.05, 0) is 23.6 Å². The number of amides is 1. The van der Waals surface area contributed by atoms with Crippen molar-refractivity contribution in [3.63, 3.8) is 0 Å². The smallest absolute Gasteiger partial charge is 0.223 e. The number of fused-ring (bicyclic) bond motifs is 1. The quantitative estimate of drug-likeness (QED) is 0.801. The first-order valence-corrected chi connectivity index (χ1v) is 6.66. The number of anilines is 1. The molecule has 2 aromatic carbocycles. The molecule has 0 aromatic heterocycles. The van der Waals surface area contributed by atoms with Gasteiger partial charge in [-0.25, -0.2) is 0 Å². The summed E-state index contributed by atoms with van der Waals surface area (Å²) in [5.74, 6) is 0.533. The second kappa shape index (κ2) is 4.88. The molecule has 0 spiro atoms. The molecular formula is C17H17NO. The molecule has 1 amide bonds. The average molecular weight is 251 g/mol. The molecule has 1 atom stereocenters. The predicted octanol–water partition coefficient (Wildman–Crippen LogP) is 3.38. The zero-order valence-corrected chi connectivity index (χ0v) is 11.0. The summed E-state index contributed by atoms with van der Waals surface area (Å²) in [6.07, 6.45) is 0.988. The molecule has 0 aliphatic carbocycles. The number of para-hydroxylation sites is 1. The Morgan fingerprint density at radius 1 is 1.11 bits per heavy atom. The van der Waals surface area contributed by atoms with Gasteiger partial charge in [0.25, 0.3) is 0 Å². The van der Waals surface area contributed by atoms with Crippen molar-refractivity contribution in [3.05, 3.63) is 65.7 Å². The SMILES string of the molecule is CC(=O)N1CC(Cc2ccccc2)c2ccccc21. The largest absolute Gasteiger partial charge is 0.312 e. The van der Waals surface area contributed by atoms with E-state index in [1.165, 1.54) is 11.1 Å². The molecule has 2 nitrogen and oxygen atoms in total. The Morgan fingerprint density at radius 3 is 2.53 bits per heavy atom. The van der Waals surface area contributed by atoms with E-state index in [4.69, 9.17) is 0 Å². The van der Waals surface area contributed by atoms with Gasteiger partial charge in [0, 0.05) is 25.1 Å². The third kappa shape index (κ3) is 2.26. The van der Waals surface area contributed by atoms with E-state index in [0.29, 0.717) is 5.92 Å². The molecular weight excluding hydrogens is 234 g/mol. The fourth-order valence-electron chi connectivity index (χ4n) is 2.87. The lowest BCUT2D eigenvalue weighted by Gasteiger charge is -2.15. The van der Waals surface area contributed by atoms with E-state index in [-0.39, 0.29) is 5.91 Å². The number of rotatable bonds is 2. The van der Waals surface area contributed by atoms with Crippen LogP contribution in [-0.4, -0.2) is 12.5 Å². The monoisotopic (exact) mass is 251 g/mol. The predicted molar refractivity (Wildman–Crippen MR) is 77.4 cm³/mol. The Morgan fingerprint density at radius 2 is 1.79 bits per heavy atom. The summed E-state index contributed by atoms with van der Waals surface area (Å²) in [6.45, 7) is 2.44. The van der Waals surface area contributed by atoms with Gasteiger partial charge in [-0.3, -0.25) is 4.79 Å². The van der Waals surface area contributed by atoms with Crippen molar-refractivity contribution in [2.24, 2.45) is 0 Å². The van der Waals surface area contributed by atoms with Gasteiger partial charge in [0.05, 0.1) is 0 Å². The number of carbonyl (C=O) groups excluding carboxylic acids is 1. The highest BCUT2D eigenvalue weighted by Crippen LogP contribution is 2.37. The first-order valence-electron chi connectivity index (χ1n) is 6.66. The lowest BCUT2D eigenvalue weighted by molar-refractivity contribution is -0.116. The maximum atomic E-state index is 11.7. The van der Waals surface area contributed by atoms with Crippen LogP contribution in [0, 0.1) is 0 Å². The molecule has 0 bridgehead atoms. The average Bonchev–Trinajstić information content (AvgIpc) is 2.79. The van der Waals surface area contributed by atoms with Crippen LogP contribution in [0.3, 0.4) is 0 Å². The van der Waals surface area contributed by atoms with Crippen molar-refractivity contribution in [2.45, 2.75) is 19.3 Å². The zero-order valence-electron chi connectivity index (χ0n) is 11.0. The molecule has 0 saturated carbocycles. The fourth-order valence-corrected chi connectivity index (χ4v) is 2.87. The molecule has 2 heteroatoms. The number of carbonyl (C=O) groups is 1. The molecule has 2 aromatic rings. The minimum atomic E-state index is 0.128. The number of nitrogens with zero attached hydrogens (tertiary/aromatic N) is 1. The van der Waals surface area contributed by atoms with Gasteiger partial charge in [0.1, 0.15) is 0 Å². The lowest BCUT2D eigenvalue weighted by atomic mass is 9.94. The molecule has 96 valence electrons. The highest BCUT2D eigenvalue weighted by atomic mass is 16.2. The Balaban J connectivity index is 1.91. The third-order valence-electron chi connectivity index (χ3n) is 3.78. The molecule has 1 unspecified atom stereocenters. The van der Waals surface area contributed by atoms with Crippen LogP contribution in [0.5, 0.6) is 0 Å². The minimum absolute atomic E-state index is 0.128. The minimum Gasteiger partial charge on any atom is -0.312 e. The Hall–Kier alpha value is -2.09. The van der Waals surface area contributed by atoms with Gasteiger partial charge in [0.15, 0.2) is 0 Å². The van der Waals surface area contributed by atoms with Gasteiger partial charge in [-0.2, -0.15) is 0 Å². The summed E-state index contributed by atoms with van der Waals surface area (Å²) in [4.78, 5) is 13.6. The molecule has 1 aliphatic heterocycles. The molecule has 19 heavy (non-hydrogen) atoms. The molecule has 1 heterocycles. The zero-order chi connectivity index (χ0) is 13.2. The maximum Gasteiger partial charge on any atom is 0.223 e. The summed E-state index contributed by atoms with van der Waals surface area (Å²) in [7, 11) is 0. The summed E-state index contributed by atoms with van der Waals surface area (Å²) < 4.78 is 0. The normalized spacial score (nSPS) is 17.3. The van der Waals surface area contributed by atoms with E-state index in [0.717, 1.165) is 18.7 Å². The molecule has 0 N–H and O–H groups in total. The van der Waals surface area contributed by atoms with E-state index in [1.54, 1.807) is 6.92 Å². The lowest BCUT2D eigenvalue weighted by Crippen LogP contribution is -2.27. The Kier molecular flexibility index (Phi) is 3.08. The van der Waals surface area contributed by atoms with Crippen LogP contribution in [0.15, 0.2) is 54.6 Å². The second-order valence-corrected chi connectivity index (χ2v) is 5.08. The van der Waals surface area contributed by atoms with Crippen LogP contribution in [0.1, 0.15) is 24.0 Å². The van der Waals surface area contributed by atoms with Crippen LogP contribution < -0.4 is 4.90 Å². The van der Waals surface area contributed by atoms with E-state index in [2.05, 4.69) is 36.4 Å². The third-order valence-corrected chi connectivity index (χ3v) is 3.78. The molecule has 1 aliphatic rings. The van der Waals surface area contributed by atoms with Gasteiger partial charge in [-0.1, -0.05) is 48.5 Å². The summed E-state index contributed by atoms with van der Waals surface area (Å²) in [6, 6.07) is 18.7. The van der Waals surface area contributed by atoms with Crippen molar-refractivity contribution in [2.75, 3.05) is 11.4 Å².